The van der Waals surface area contributed by atoms with Crippen LogP contribution in [0.5, 0.6) is 0 Å². The fraction of sp³-hybridized carbons (Fsp3) is 0.478. The summed E-state index contributed by atoms with van der Waals surface area (Å²) in [6, 6.07) is 10.9. The van der Waals surface area contributed by atoms with Crippen molar-refractivity contribution in [2.24, 2.45) is 0 Å². The van der Waals surface area contributed by atoms with E-state index in [1.54, 1.807) is 18.2 Å². The summed E-state index contributed by atoms with van der Waals surface area (Å²) in [6.07, 6.45) is 0.452. The highest BCUT2D eigenvalue weighted by Crippen LogP contribution is 2.38. The van der Waals surface area contributed by atoms with Crippen LogP contribution in [0.2, 0.25) is 10.0 Å². The van der Waals surface area contributed by atoms with Crippen molar-refractivity contribution < 1.29 is 17.9 Å². The fourth-order valence-electron chi connectivity index (χ4n) is 3.87. The third-order valence-electron chi connectivity index (χ3n) is 5.41. The summed E-state index contributed by atoms with van der Waals surface area (Å²) in [5.41, 5.74) is 3.23. The second-order valence-corrected chi connectivity index (χ2v) is 10.7. The minimum atomic E-state index is -3.35. The van der Waals surface area contributed by atoms with Crippen LogP contribution in [0.1, 0.15) is 36.0 Å². The molecule has 0 aromatic heterocycles. The van der Waals surface area contributed by atoms with Crippen LogP contribution in [0.4, 0.5) is 0 Å². The van der Waals surface area contributed by atoms with Gasteiger partial charge in [0.1, 0.15) is 0 Å². The summed E-state index contributed by atoms with van der Waals surface area (Å²) in [6.45, 7) is 5.56. The number of hydrogen-bond donors (Lipinski definition) is 0. The molecule has 2 aromatic rings. The van der Waals surface area contributed by atoms with E-state index in [-0.39, 0.29) is 11.7 Å². The first kappa shape index (κ1) is 24.5. The lowest BCUT2D eigenvalue weighted by Crippen LogP contribution is -2.31. The first-order valence-corrected chi connectivity index (χ1v) is 12.9. The number of rotatable bonds is 10. The molecule has 0 fully saturated rings. The molecule has 170 valence electrons. The van der Waals surface area contributed by atoms with Crippen molar-refractivity contribution in [1.82, 2.24) is 4.90 Å². The first-order valence-electron chi connectivity index (χ1n) is 10.5. The van der Waals surface area contributed by atoms with Crippen molar-refractivity contribution in [3.63, 3.8) is 0 Å². The molecule has 5 nitrogen and oxygen atoms in total. The van der Waals surface area contributed by atoms with E-state index in [0.717, 1.165) is 29.8 Å². The molecule has 8 heteroatoms. The molecule has 0 bridgehead atoms. The molecule has 1 aliphatic heterocycles. The lowest BCUT2D eigenvalue weighted by Gasteiger charge is -2.33. The summed E-state index contributed by atoms with van der Waals surface area (Å²) in [5, 5.41) is 1.28. The molecule has 0 N–H and O–H groups in total. The van der Waals surface area contributed by atoms with Gasteiger partial charge in [-0.05, 0) is 61.3 Å². The van der Waals surface area contributed by atoms with Crippen LogP contribution in [0.3, 0.4) is 0 Å². The predicted octanol–water partition coefficient (Wildman–Crippen LogP) is 4.79. The Morgan fingerprint density at radius 2 is 1.77 bits per heavy atom. The Bertz CT molecular complexity index is 980. The molecule has 2 aromatic carbocycles. The van der Waals surface area contributed by atoms with E-state index in [1.807, 2.05) is 25.1 Å². The second kappa shape index (κ2) is 11.1. The van der Waals surface area contributed by atoms with E-state index in [9.17, 15) is 8.42 Å². The van der Waals surface area contributed by atoms with Gasteiger partial charge in [-0.1, -0.05) is 35.3 Å². The average molecular weight is 486 g/mol. The van der Waals surface area contributed by atoms with Crippen LogP contribution in [-0.2, 0) is 25.9 Å². The van der Waals surface area contributed by atoms with Crippen molar-refractivity contribution in [3.8, 4) is 0 Å². The van der Waals surface area contributed by atoms with E-state index in [2.05, 4.69) is 11.9 Å². The minimum absolute atomic E-state index is 0.0567. The quantitative estimate of drug-likeness (QED) is 0.452. The molecule has 3 rings (SSSR count). The summed E-state index contributed by atoms with van der Waals surface area (Å²) in [5.74, 6) is 0.140. The van der Waals surface area contributed by atoms with Crippen molar-refractivity contribution >= 4 is 33.0 Å². The molecule has 0 spiro atoms. The summed E-state index contributed by atoms with van der Waals surface area (Å²) in [7, 11) is -1.30. The van der Waals surface area contributed by atoms with Gasteiger partial charge in [0, 0.05) is 42.3 Å². The Labute approximate surface area is 195 Å². The molecule has 0 amide bonds. The minimum Gasteiger partial charge on any atom is -0.379 e. The zero-order valence-electron chi connectivity index (χ0n) is 17.9. The predicted molar refractivity (Wildman–Crippen MR) is 125 cm³/mol. The first-order chi connectivity index (χ1) is 14.8. The van der Waals surface area contributed by atoms with E-state index < -0.39 is 9.84 Å². The van der Waals surface area contributed by atoms with Crippen LogP contribution >= 0.6 is 23.2 Å². The molecular formula is C23H29Cl2NO4S. The zero-order valence-corrected chi connectivity index (χ0v) is 20.3. The number of hydrogen-bond acceptors (Lipinski definition) is 5. The number of likely N-dealkylation sites (N-methyl/N-ethyl adjacent to an activating group) is 1. The SMILES string of the molecule is CCOCCOCCCS(=O)(=O)c1ccc([C@@H]2CN(C)Cc3c(Cl)cc(Cl)cc32)cc1. The van der Waals surface area contributed by atoms with Gasteiger partial charge in [-0.15, -0.1) is 0 Å². The molecule has 31 heavy (non-hydrogen) atoms. The van der Waals surface area contributed by atoms with Gasteiger partial charge in [-0.2, -0.15) is 0 Å². The monoisotopic (exact) mass is 485 g/mol. The zero-order chi connectivity index (χ0) is 22.4. The van der Waals surface area contributed by atoms with Gasteiger partial charge in [0.15, 0.2) is 9.84 Å². The summed E-state index contributed by atoms with van der Waals surface area (Å²) >= 11 is 12.7. The molecular weight excluding hydrogens is 457 g/mol. The number of fused-ring (bicyclic) bond motifs is 1. The molecule has 0 radical (unpaired) electrons. The van der Waals surface area contributed by atoms with Crippen molar-refractivity contribution in [2.75, 3.05) is 45.8 Å². The average Bonchev–Trinajstić information content (AvgIpc) is 2.73. The molecule has 0 aliphatic carbocycles. The lowest BCUT2D eigenvalue weighted by molar-refractivity contribution is 0.0533. The third-order valence-corrected chi connectivity index (χ3v) is 7.78. The number of halogens is 2. The summed E-state index contributed by atoms with van der Waals surface area (Å²) in [4.78, 5) is 2.54. The van der Waals surface area contributed by atoms with Gasteiger partial charge in [0.2, 0.25) is 0 Å². The maximum atomic E-state index is 12.7. The molecule has 0 unspecified atom stereocenters. The van der Waals surface area contributed by atoms with Crippen LogP contribution in [0.15, 0.2) is 41.3 Å². The second-order valence-electron chi connectivity index (χ2n) is 7.76. The van der Waals surface area contributed by atoms with Crippen LogP contribution in [-0.4, -0.2) is 59.1 Å². The molecule has 1 heterocycles. The Balaban J connectivity index is 1.68. The van der Waals surface area contributed by atoms with Gasteiger partial charge in [-0.3, -0.25) is 0 Å². The molecule has 0 saturated heterocycles. The molecule has 1 atom stereocenters. The topological polar surface area (TPSA) is 55.8 Å². The Morgan fingerprint density at radius 3 is 2.48 bits per heavy atom. The highest BCUT2D eigenvalue weighted by atomic mass is 35.5. The van der Waals surface area contributed by atoms with Crippen molar-refractivity contribution in [2.45, 2.75) is 30.7 Å². The maximum Gasteiger partial charge on any atom is 0.178 e. The fourth-order valence-corrected chi connectivity index (χ4v) is 5.72. The summed E-state index contributed by atoms with van der Waals surface area (Å²) < 4.78 is 35.9. The smallest absolute Gasteiger partial charge is 0.178 e. The lowest BCUT2D eigenvalue weighted by atomic mass is 9.85. The standard InChI is InChI=1S/C23H29Cl2NO4S/c1-3-29-10-11-30-9-4-12-31(27,28)19-7-5-17(6-8-19)21-15-26(2)16-22-20(21)13-18(24)14-23(22)25/h5-8,13-14,21H,3-4,9-12,15-16H2,1-2H3/t21-/m0/s1. The van der Waals surface area contributed by atoms with Crippen LogP contribution in [0.25, 0.3) is 0 Å². The van der Waals surface area contributed by atoms with Gasteiger partial charge in [-0.25, -0.2) is 8.42 Å². The number of nitrogens with zero attached hydrogens (tertiary/aromatic N) is 1. The van der Waals surface area contributed by atoms with E-state index in [1.165, 1.54) is 0 Å². The maximum absolute atomic E-state index is 12.7. The van der Waals surface area contributed by atoms with Gasteiger partial charge >= 0.3 is 0 Å². The number of benzene rings is 2. The highest BCUT2D eigenvalue weighted by Gasteiger charge is 2.27. The normalized spacial score (nSPS) is 17.0. The Morgan fingerprint density at radius 1 is 1.06 bits per heavy atom. The van der Waals surface area contributed by atoms with Crippen molar-refractivity contribution in [3.05, 3.63) is 63.1 Å². The van der Waals surface area contributed by atoms with Gasteiger partial charge < -0.3 is 14.4 Å². The van der Waals surface area contributed by atoms with Crippen LogP contribution < -0.4 is 0 Å². The van der Waals surface area contributed by atoms with E-state index in [4.69, 9.17) is 32.7 Å². The number of sulfone groups is 1. The van der Waals surface area contributed by atoms with Gasteiger partial charge in [0.25, 0.3) is 0 Å². The largest absolute Gasteiger partial charge is 0.379 e. The molecule has 0 saturated carbocycles. The molecule has 1 aliphatic rings. The van der Waals surface area contributed by atoms with E-state index in [0.29, 0.717) is 47.8 Å². The van der Waals surface area contributed by atoms with Crippen molar-refractivity contribution in [1.29, 1.82) is 0 Å². The Hall–Kier alpha value is -1.15. The number of ether oxygens (including phenoxy) is 2. The van der Waals surface area contributed by atoms with Crippen LogP contribution in [0, 0.1) is 0 Å². The Kier molecular flexibility index (Phi) is 8.79. The van der Waals surface area contributed by atoms with E-state index >= 15 is 0 Å². The van der Waals surface area contributed by atoms with Gasteiger partial charge in [0.05, 0.1) is 23.9 Å². The highest BCUT2D eigenvalue weighted by molar-refractivity contribution is 7.91. The third kappa shape index (κ3) is 6.44.